The summed E-state index contributed by atoms with van der Waals surface area (Å²) in [5.41, 5.74) is 2.12. The Morgan fingerprint density at radius 1 is 1.19 bits per heavy atom. The molecule has 1 aromatic carbocycles. The third kappa shape index (κ3) is 4.96. The fourth-order valence-corrected chi connectivity index (χ4v) is 2.94. The molecule has 8 heteroatoms. The first kappa shape index (κ1) is 20.2. The monoisotopic (exact) mass is 468 g/mol. The average molecular weight is 468 g/mol. The number of hydrogen-bond acceptors (Lipinski definition) is 3. The van der Waals surface area contributed by atoms with Crippen LogP contribution >= 0.6 is 24.0 Å². The van der Waals surface area contributed by atoms with Gasteiger partial charge < -0.3 is 20.1 Å². The van der Waals surface area contributed by atoms with E-state index in [2.05, 4.69) is 37.3 Å². The van der Waals surface area contributed by atoms with Crippen molar-refractivity contribution in [3.8, 4) is 11.3 Å². The number of aliphatic imine (C=N–C) groups is 1. The van der Waals surface area contributed by atoms with Gasteiger partial charge in [0.25, 0.3) is 0 Å². The normalized spacial score (nSPS) is 14.8. The van der Waals surface area contributed by atoms with E-state index in [-0.39, 0.29) is 29.9 Å². The predicted molar refractivity (Wildman–Crippen MR) is 113 cm³/mol. The summed E-state index contributed by atoms with van der Waals surface area (Å²) in [6.45, 7) is 5.22. The summed E-state index contributed by atoms with van der Waals surface area (Å²) < 4.78 is 0. The Balaban J connectivity index is 0.00000243. The lowest BCUT2D eigenvalue weighted by Gasteiger charge is -2.36. The number of H-pyrrole nitrogens is 1. The third-order valence-corrected chi connectivity index (χ3v) is 4.36. The second kappa shape index (κ2) is 9.56. The summed E-state index contributed by atoms with van der Waals surface area (Å²) in [7, 11) is 1.78. The number of piperazine rings is 1. The first-order chi connectivity index (χ1) is 12.2. The smallest absolute Gasteiger partial charge is 0.219 e. The molecule has 0 saturated carbocycles. The lowest BCUT2D eigenvalue weighted by molar-refractivity contribution is -0.130. The van der Waals surface area contributed by atoms with E-state index in [4.69, 9.17) is 0 Å². The van der Waals surface area contributed by atoms with Crippen molar-refractivity contribution in [3.63, 3.8) is 0 Å². The van der Waals surface area contributed by atoms with Crippen LogP contribution in [0.5, 0.6) is 0 Å². The van der Waals surface area contributed by atoms with Crippen molar-refractivity contribution in [1.82, 2.24) is 25.1 Å². The van der Waals surface area contributed by atoms with E-state index in [0.717, 1.165) is 49.2 Å². The van der Waals surface area contributed by atoms with Crippen molar-refractivity contribution >= 4 is 35.8 Å². The van der Waals surface area contributed by atoms with Crippen LogP contribution < -0.4 is 5.32 Å². The molecule has 0 spiro atoms. The zero-order chi connectivity index (χ0) is 17.6. The molecule has 2 aromatic rings. The van der Waals surface area contributed by atoms with Crippen molar-refractivity contribution in [1.29, 1.82) is 0 Å². The van der Waals surface area contributed by atoms with E-state index in [1.165, 1.54) is 0 Å². The minimum absolute atomic E-state index is 0. The van der Waals surface area contributed by atoms with Gasteiger partial charge in [-0.1, -0.05) is 30.3 Å². The standard InChI is InChI=1S/C18H24N6O.HI/c1-14(25)23-8-10-24(11-9-23)18(19-2)21-13-17-20-12-16(22-17)15-6-4-3-5-7-15;/h3-7,12H,8-11,13H2,1-2H3,(H,19,21)(H,20,22);1H. The molecule has 26 heavy (non-hydrogen) atoms. The molecule has 1 saturated heterocycles. The summed E-state index contributed by atoms with van der Waals surface area (Å²) in [5, 5.41) is 3.34. The number of imidazole rings is 1. The van der Waals surface area contributed by atoms with Gasteiger partial charge in [0.05, 0.1) is 18.4 Å². The van der Waals surface area contributed by atoms with E-state index in [1.807, 2.05) is 29.3 Å². The summed E-state index contributed by atoms with van der Waals surface area (Å²) in [6, 6.07) is 10.1. The van der Waals surface area contributed by atoms with Crippen LogP contribution in [-0.2, 0) is 11.3 Å². The summed E-state index contributed by atoms with van der Waals surface area (Å²) in [4.78, 5) is 27.6. The first-order valence-electron chi connectivity index (χ1n) is 8.48. The molecule has 0 bridgehead atoms. The summed E-state index contributed by atoms with van der Waals surface area (Å²) >= 11 is 0. The van der Waals surface area contributed by atoms with Gasteiger partial charge in [0, 0.05) is 40.2 Å². The van der Waals surface area contributed by atoms with Gasteiger partial charge in [-0.2, -0.15) is 0 Å². The Morgan fingerprint density at radius 3 is 2.46 bits per heavy atom. The van der Waals surface area contributed by atoms with Crippen LogP contribution in [0.25, 0.3) is 11.3 Å². The molecule has 1 fully saturated rings. The van der Waals surface area contributed by atoms with Crippen LogP contribution in [0.15, 0.2) is 41.5 Å². The van der Waals surface area contributed by atoms with Gasteiger partial charge in [0.15, 0.2) is 5.96 Å². The summed E-state index contributed by atoms with van der Waals surface area (Å²) in [6.07, 6.45) is 1.85. The Labute approximate surface area is 170 Å². The number of carbonyl (C=O) groups is 1. The topological polar surface area (TPSA) is 76.6 Å². The molecular weight excluding hydrogens is 443 g/mol. The van der Waals surface area contributed by atoms with Gasteiger partial charge in [-0.3, -0.25) is 9.79 Å². The zero-order valence-electron chi connectivity index (χ0n) is 15.1. The number of carbonyl (C=O) groups excluding carboxylic acids is 1. The molecular formula is C18H25IN6O. The van der Waals surface area contributed by atoms with Gasteiger partial charge in [-0.05, 0) is 5.56 Å². The Hall–Kier alpha value is -2.10. The number of rotatable bonds is 3. The van der Waals surface area contributed by atoms with Gasteiger partial charge >= 0.3 is 0 Å². The van der Waals surface area contributed by atoms with Crippen LogP contribution in [0.2, 0.25) is 0 Å². The van der Waals surface area contributed by atoms with Crippen molar-refractivity contribution in [3.05, 3.63) is 42.4 Å². The van der Waals surface area contributed by atoms with Gasteiger partial charge in [0.2, 0.25) is 5.91 Å². The zero-order valence-corrected chi connectivity index (χ0v) is 17.4. The van der Waals surface area contributed by atoms with Crippen LogP contribution in [0.4, 0.5) is 0 Å². The Kier molecular flexibility index (Phi) is 7.43. The van der Waals surface area contributed by atoms with Crippen molar-refractivity contribution < 1.29 is 4.79 Å². The van der Waals surface area contributed by atoms with E-state index >= 15 is 0 Å². The fraction of sp³-hybridized carbons (Fsp3) is 0.389. The maximum absolute atomic E-state index is 11.4. The van der Waals surface area contributed by atoms with E-state index < -0.39 is 0 Å². The van der Waals surface area contributed by atoms with Gasteiger partial charge in [0.1, 0.15) is 5.82 Å². The second-order valence-electron chi connectivity index (χ2n) is 6.00. The van der Waals surface area contributed by atoms with Crippen LogP contribution in [-0.4, -0.2) is 64.9 Å². The number of amides is 1. The van der Waals surface area contributed by atoms with Gasteiger partial charge in [-0.15, -0.1) is 24.0 Å². The lowest BCUT2D eigenvalue weighted by Crippen LogP contribution is -2.53. The Bertz CT molecular complexity index is 737. The first-order valence-corrected chi connectivity index (χ1v) is 8.48. The van der Waals surface area contributed by atoms with Crippen molar-refractivity contribution in [2.45, 2.75) is 13.5 Å². The SMILES string of the molecule is CN=C(NCc1ncc(-c2ccccc2)[nH]1)N1CCN(C(C)=O)CC1.I. The molecule has 0 atom stereocenters. The fourth-order valence-electron chi connectivity index (χ4n) is 2.94. The number of aromatic amines is 1. The number of halogens is 1. The number of guanidine groups is 1. The molecule has 1 amide bonds. The molecule has 2 heterocycles. The van der Waals surface area contributed by atoms with Gasteiger partial charge in [-0.25, -0.2) is 4.98 Å². The molecule has 140 valence electrons. The molecule has 0 unspecified atom stereocenters. The quantitative estimate of drug-likeness (QED) is 0.410. The van der Waals surface area contributed by atoms with Crippen molar-refractivity contribution in [2.75, 3.05) is 33.2 Å². The van der Waals surface area contributed by atoms with E-state index in [9.17, 15) is 4.79 Å². The molecule has 0 aliphatic carbocycles. The second-order valence-corrected chi connectivity index (χ2v) is 6.00. The number of nitrogens with one attached hydrogen (secondary N) is 2. The molecule has 1 aliphatic heterocycles. The minimum Gasteiger partial charge on any atom is -0.349 e. The number of aromatic nitrogens is 2. The summed E-state index contributed by atoms with van der Waals surface area (Å²) in [5.74, 6) is 1.83. The van der Waals surface area contributed by atoms with E-state index in [0.29, 0.717) is 6.54 Å². The van der Waals surface area contributed by atoms with E-state index in [1.54, 1.807) is 14.0 Å². The highest BCUT2D eigenvalue weighted by molar-refractivity contribution is 14.0. The lowest BCUT2D eigenvalue weighted by atomic mass is 10.2. The maximum Gasteiger partial charge on any atom is 0.219 e. The van der Waals surface area contributed by atoms with Crippen LogP contribution in [0, 0.1) is 0 Å². The molecule has 1 aliphatic rings. The number of benzene rings is 1. The molecule has 0 radical (unpaired) electrons. The predicted octanol–water partition coefficient (Wildman–Crippen LogP) is 1.93. The van der Waals surface area contributed by atoms with Crippen molar-refractivity contribution in [2.24, 2.45) is 4.99 Å². The van der Waals surface area contributed by atoms with Crippen LogP contribution in [0.1, 0.15) is 12.7 Å². The average Bonchev–Trinajstić information content (AvgIpc) is 3.12. The molecule has 2 N–H and O–H groups in total. The molecule has 1 aromatic heterocycles. The molecule has 3 rings (SSSR count). The molecule has 7 nitrogen and oxygen atoms in total. The highest BCUT2D eigenvalue weighted by atomic mass is 127. The highest BCUT2D eigenvalue weighted by Gasteiger charge is 2.20. The maximum atomic E-state index is 11.4. The minimum atomic E-state index is 0. The number of hydrogen-bond donors (Lipinski definition) is 2. The largest absolute Gasteiger partial charge is 0.349 e. The van der Waals surface area contributed by atoms with Crippen LogP contribution in [0.3, 0.4) is 0 Å². The third-order valence-electron chi connectivity index (χ3n) is 4.36. The number of nitrogens with zero attached hydrogens (tertiary/aromatic N) is 4. The Morgan fingerprint density at radius 2 is 1.85 bits per heavy atom. The highest BCUT2D eigenvalue weighted by Crippen LogP contribution is 2.15.